The maximum atomic E-state index is 12.8. The molecule has 0 radical (unpaired) electrons. The highest BCUT2D eigenvalue weighted by molar-refractivity contribution is 5.74. The number of hydrogen-bond donors (Lipinski definition) is 1. The molecule has 2 nitrogen and oxygen atoms in total. The highest BCUT2D eigenvalue weighted by atomic mass is 19.3. The van der Waals surface area contributed by atoms with Gasteiger partial charge in [-0.15, -0.1) is 0 Å². The lowest BCUT2D eigenvalue weighted by atomic mass is 9.67. The fraction of sp³-hybridized carbons (Fsp3) is 0.720. The van der Waals surface area contributed by atoms with Gasteiger partial charge in [0.1, 0.15) is 0 Å². The van der Waals surface area contributed by atoms with Crippen LogP contribution in [0.4, 0.5) is 8.78 Å². The van der Waals surface area contributed by atoms with Crippen molar-refractivity contribution in [2.45, 2.75) is 109 Å². The van der Waals surface area contributed by atoms with Gasteiger partial charge < -0.3 is 5.11 Å². The molecule has 0 spiro atoms. The van der Waals surface area contributed by atoms with E-state index in [0.717, 1.165) is 6.42 Å². The zero-order chi connectivity index (χ0) is 21.1. The van der Waals surface area contributed by atoms with Crippen molar-refractivity contribution in [1.82, 2.24) is 0 Å². The van der Waals surface area contributed by atoms with Crippen LogP contribution in [0.5, 0.6) is 0 Å². The molecule has 0 unspecified atom stereocenters. The van der Waals surface area contributed by atoms with Crippen LogP contribution in [0.2, 0.25) is 0 Å². The average molecular weight is 409 g/mol. The number of alkyl halides is 2. The van der Waals surface area contributed by atoms with Crippen LogP contribution in [0.25, 0.3) is 0 Å². The second kappa shape index (κ2) is 12.3. The number of halogens is 2. The number of benzene rings is 1. The van der Waals surface area contributed by atoms with Crippen LogP contribution in [-0.2, 0) is 11.2 Å². The Hall–Kier alpha value is -1.45. The van der Waals surface area contributed by atoms with Crippen LogP contribution in [0, 0.1) is 5.41 Å². The molecule has 1 N–H and O–H groups in total. The summed E-state index contributed by atoms with van der Waals surface area (Å²) in [5.74, 6) is -0.769. The molecule has 1 saturated carbocycles. The monoisotopic (exact) mass is 408 g/mol. The minimum atomic E-state index is -2.56. The molecule has 1 fully saturated rings. The highest BCUT2D eigenvalue weighted by Gasteiger charge is 2.44. The maximum absolute atomic E-state index is 12.8. The van der Waals surface area contributed by atoms with Crippen molar-refractivity contribution in [1.29, 1.82) is 0 Å². The molecule has 0 aromatic heterocycles. The van der Waals surface area contributed by atoms with E-state index in [0.29, 0.717) is 25.7 Å². The standard InChI is InChI=1S/C25H38F2O2/c1-2-3-4-5-6-7-8-9-10-20-11-13-21(14-12-20)22-15-17-25(18-16-22,24(28)29)19-23(26)27/h11-14,22-23H,2-10,15-19H2,1H3,(H,28,29)/t22-,25-. The highest BCUT2D eigenvalue weighted by Crippen LogP contribution is 2.46. The lowest BCUT2D eigenvalue weighted by Crippen LogP contribution is -2.36. The summed E-state index contributed by atoms with van der Waals surface area (Å²) in [6, 6.07) is 8.70. The van der Waals surface area contributed by atoms with Crippen LogP contribution in [-0.4, -0.2) is 17.5 Å². The quantitative estimate of drug-likeness (QED) is 0.339. The van der Waals surface area contributed by atoms with Crippen molar-refractivity contribution in [3.05, 3.63) is 35.4 Å². The Labute approximate surface area is 175 Å². The van der Waals surface area contributed by atoms with Gasteiger partial charge in [-0.2, -0.15) is 0 Å². The van der Waals surface area contributed by atoms with Crippen molar-refractivity contribution >= 4 is 5.97 Å². The molecular formula is C25H38F2O2. The Bertz CT molecular complexity index is 589. The van der Waals surface area contributed by atoms with Gasteiger partial charge in [-0.25, -0.2) is 8.78 Å². The molecule has 29 heavy (non-hydrogen) atoms. The lowest BCUT2D eigenvalue weighted by molar-refractivity contribution is -0.154. The molecule has 0 heterocycles. The normalized spacial score (nSPS) is 22.1. The number of rotatable bonds is 13. The van der Waals surface area contributed by atoms with Gasteiger partial charge in [0.05, 0.1) is 5.41 Å². The van der Waals surface area contributed by atoms with E-state index in [4.69, 9.17) is 0 Å². The molecule has 4 heteroatoms. The molecule has 1 aliphatic rings. The summed E-state index contributed by atoms with van der Waals surface area (Å²) < 4.78 is 25.7. The number of aliphatic carboxylic acids is 1. The molecule has 1 aromatic rings. The number of carboxylic acid groups (broad SMARTS) is 1. The van der Waals surface area contributed by atoms with Crippen LogP contribution >= 0.6 is 0 Å². The van der Waals surface area contributed by atoms with Gasteiger partial charge in [0.2, 0.25) is 6.43 Å². The Balaban J connectivity index is 1.73. The Morgan fingerprint density at radius 1 is 1.00 bits per heavy atom. The molecule has 1 aliphatic carbocycles. The number of hydrogen-bond acceptors (Lipinski definition) is 1. The second-order valence-corrected chi connectivity index (χ2v) is 8.92. The Morgan fingerprint density at radius 2 is 1.55 bits per heavy atom. The van der Waals surface area contributed by atoms with Crippen molar-refractivity contribution < 1.29 is 18.7 Å². The lowest BCUT2D eigenvalue weighted by Gasteiger charge is -2.37. The Kier molecular flexibility index (Phi) is 10.1. The molecule has 0 aliphatic heterocycles. The smallest absolute Gasteiger partial charge is 0.309 e. The van der Waals surface area contributed by atoms with E-state index in [1.54, 1.807) is 0 Å². The van der Waals surface area contributed by atoms with Crippen LogP contribution in [0.3, 0.4) is 0 Å². The minimum Gasteiger partial charge on any atom is -0.481 e. The Morgan fingerprint density at radius 3 is 2.07 bits per heavy atom. The molecule has 0 saturated heterocycles. The summed E-state index contributed by atoms with van der Waals surface area (Å²) >= 11 is 0. The summed E-state index contributed by atoms with van der Waals surface area (Å²) in [4.78, 5) is 11.6. The molecule has 164 valence electrons. The number of carbonyl (C=O) groups is 1. The molecule has 0 atom stereocenters. The summed E-state index contributed by atoms with van der Waals surface area (Å²) in [5.41, 5.74) is 1.34. The van der Waals surface area contributed by atoms with E-state index in [-0.39, 0.29) is 5.92 Å². The first-order valence-electron chi connectivity index (χ1n) is 11.6. The van der Waals surface area contributed by atoms with Gasteiger partial charge in [0.15, 0.2) is 0 Å². The van der Waals surface area contributed by atoms with Gasteiger partial charge in [-0.3, -0.25) is 4.79 Å². The fourth-order valence-electron chi connectivity index (χ4n) is 4.72. The van der Waals surface area contributed by atoms with E-state index in [1.807, 2.05) is 0 Å². The van der Waals surface area contributed by atoms with Crippen LogP contribution < -0.4 is 0 Å². The zero-order valence-electron chi connectivity index (χ0n) is 18.0. The average Bonchev–Trinajstić information content (AvgIpc) is 2.70. The second-order valence-electron chi connectivity index (χ2n) is 8.92. The number of unbranched alkanes of at least 4 members (excludes halogenated alkanes) is 7. The van der Waals surface area contributed by atoms with Gasteiger partial charge in [0.25, 0.3) is 0 Å². The largest absolute Gasteiger partial charge is 0.481 e. The van der Waals surface area contributed by atoms with E-state index in [9.17, 15) is 18.7 Å². The molecule has 0 amide bonds. The van der Waals surface area contributed by atoms with E-state index >= 15 is 0 Å². The topological polar surface area (TPSA) is 37.3 Å². The van der Waals surface area contributed by atoms with Crippen molar-refractivity contribution in [3.8, 4) is 0 Å². The van der Waals surface area contributed by atoms with Crippen molar-refractivity contribution in [2.75, 3.05) is 0 Å². The number of aryl methyl sites for hydroxylation is 1. The van der Waals surface area contributed by atoms with E-state index < -0.39 is 24.2 Å². The van der Waals surface area contributed by atoms with E-state index in [2.05, 4.69) is 31.2 Å². The third-order valence-electron chi connectivity index (χ3n) is 6.71. The predicted octanol–water partition coefficient (Wildman–Crippen LogP) is 7.75. The summed E-state index contributed by atoms with van der Waals surface area (Å²) in [6.07, 6.45) is 10.7. The van der Waals surface area contributed by atoms with Gasteiger partial charge in [0, 0.05) is 6.42 Å². The summed E-state index contributed by atoms with van der Waals surface area (Å²) in [7, 11) is 0. The third kappa shape index (κ3) is 7.71. The summed E-state index contributed by atoms with van der Waals surface area (Å²) in [5, 5.41) is 9.47. The SMILES string of the molecule is CCCCCCCCCCc1ccc([C@H]2CC[C@](CC(F)F)(C(=O)O)CC2)cc1. The van der Waals surface area contributed by atoms with Crippen molar-refractivity contribution in [3.63, 3.8) is 0 Å². The van der Waals surface area contributed by atoms with E-state index in [1.165, 1.54) is 62.5 Å². The molecule has 2 rings (SSSR count). The first kappa shape index (κ1) is 23.8. The molecular weight excluding hydrogens is 370 g/mol. The van der Waals surface area contributed by atoms with Crippen LogP contribution in [0.1, 0.15) is 107 Å². The van der Waals surface area contributed by atoms with Gasteiger partial charge in [-0.05, 0) is 55.6 Å². The first-order valence-corrected chi connectivity index (χ1v) is 11.6. The minimum absolute atomic E-state index is 0.289. The number of carboxylic acids is 1. The first-order chi connectivity index (χ1) is 14.0. The van der Waals surface area contributed by atoms with Crippen molar-refractivity contribution in [2.24, 2.45) is 5.41 Å². The van der Waals surface area contributed by atoms with Crippen LogP contribution in [0.15, 0.2) is 24.3 Å². The molecule has 1 aromatic carbocycles. The zero-order valence-corrected chi connectivity index (χ0v) is 18.0. The predicted molar refractivity (Wildman–Crippen MR) is 115 cm³/mol. The fourth-order valence-corrected chi connectivity index (χ4v) is 4.72. The third-order valence-corrected chi connectivity index (χ3v) is 6.71. The maximum Gasteiger partial charge on any atom is 0.309 e. The summed E-state index contributed by atoms with van der Waals surface area (Å²) in [6.45, 7) is 2.25. The van der Waals surface area contributed by atoms with Gasteiger partial charge in [-0.1, -0.05) is 76.1 Å². The molecule has 0 bridgehead atoms. The van der Waals surface area contributed by atoms with Gasteiger partial charge >= 0.3 is 5.97 Å².